The Hall–Kier alpha value is -5.10. The number of carbonyl (C=O) groups excluding carboxylic acids is 2. The maximum absolute atomic E-state index is 15.8. The molecule has 47 heavy (non-hydrogen) atoms. The second-order valence-corrected chi connectivity index (χ2v) is 13.1. The number of nitrogens with one attached hydrogen (secondary N) is 1. The van der Waals surface area contributed by atoms with Gasteiger partial charge in [-0.05, 0) is 42.2 Å². The molecule has 244 valence electrons. The molecule has 12 heteroatoms. The molecule has 0 fully saturated rings. The summed E-state index contributed by atoms with van der Waals surface area (Å²) in [4.78, 5) is 44.3. The number of hydrogen-bond donors (Lipinski definition) is 1. The Bertz CT molecular complexity index is 2110. The molecule has 0 saturated carbocycles. The fourth-order valence-corrected chi connectivity index (χ4v) is 6.58. The summed E-state index contributed by atoms with van der Waals surface area (Å²) in [5.74, 6) is -0.892. The minimum Gasteiger partial charge on any atom is -0.347 e. The molecule has 0 radical (unpaired) electrons. The number of fused-ring (bicyclic) bond motifs is 1. The Labute approximate surface area is 272 Å². The molecule has 1 N–H and O–H groups in total. The molecule has 0 aliphatic heterocycles. The Morgan fingerprint density at radius 1 is 0.957 bits per heavy atom. The Balaban J connectivity index is 1.43. The van der Waals surface area contributed by atoms with Crippen LogP contribution < -0.4 is 10.3 Å². The lowest BCUT2D eigenvalue weighted by Gasteiger charge is -2.14. The zero-order valence-corrected chi connectivity index (χ0v) is 27.3. The summed E-state index contributed by atoms with van der Waals surface area (Å²) in [6, 6.07) is 21.4. The van der Waals surface area contributed by atoms with Gasteiger partial charge in [-0.1, -0.05) is 67.6 Å². The molecule has 0 saturated heterocycles. The third-order valence-electron chi connectivity index (χ3n) is 7.83. The van der Waals surface area contributed by atoms with E-state index in [9.17, 15) is 22.8 Å². The van der Waals surface area contributed by atoms with Gasteiger partial charge in [-0.2, -0.15) is 0 Å². The number of imidazole rings is 1. The van der Waals surface area contributed by atoms with Crippen molar-refractivity contribution < 1.29 is 22.4 Å². The SMILES string of the molecule is CCCc1nc2ccn(CC(=O)N(C)C)c(=O)c2n1Cc1ccc(-c2ccccc2S(=O)(=O)NC(=O)CCc2ccccc2)cc1F. The van der Waals surface area contributed by atoms with Crippen molar-refractivity contribution in [1.82, 2.24) is 23.7 Å². The third kappa shape index (κ3) is 7.49. The van der Waals surface area contributed by atoms with Crippen LogP contribution in [-0.2, 0) is 45.5 Å². The summed E-state index contributed by atoms with van der Waals surface area (Å²) >= 11 is 0. The van der Waals surface area contributed by atoms with Crippen LogP contribution in [0.2, 0.25) is 0 Å². The largest absolute Gasteiger partial charge is 0.347 e. The second kappa shape index (κ2) is 14.1. The van der Waals surface area contributed by atoms with E-state index in [0.29, 0.717) is 29.7 Å². The average molecular weight is 658 g/mol. The number of halogens is 1. The molecular weight excluding hydrogens is 621 g/mol. The van der Waals surface area contributed by atoms with Crippen molar-refractivity contribution in [2.24, 2.45) is 0 Å². The molecule has 5 aromatic rings. The Morgan fingerprint density at radius 2 is 1.68 bits per heavy atom. The number of amides is 2. The normalized spacial score (nSPS) is 11.5. The highest BCUT2D eigenvalue weighted by atomic mass is 32.2. The summed E-state index contributed by atoms with van der Waals surface area (Å²) in [5.41, 5.74) is 2.02. The number of pyridine rings is 1. The molecule has 0 unspecified atom stereocenters. The number of benzene rings is 3. The molecule has 0 aliphatic rings. The van der Waals surface area contributed by atoms with Crippen LogP contribution >= 0.6 is 0 Å². The molecule has 2 amide bonds. The second-order valence-electron chi connectivity index (χ2n) is 11.5. The van der Waals surface area contributed by atoms with Gasteiger partial charge in [0.1, 0.15) is 23.7 Å². The zero-order chi connectivity index (χ0) is 33.7. The van der Waals surface area contributed by atoms with Gasteiger partial charge in [-0.3, -0.25) is 14.4 Å². The van der Waals surface area contributed by atoms with E-state index in [-0.39, 0.29) is 47.0 Å². The highest BCUT2D eigenvalue weighted by Crippen LogP contribution is 2.29. The van der Waals surface area contributed by atoms with Crippen molar-refractivity contribution in [2.45, 2.75) is 50.6 Å². The van der Waals surface area contributed by atoms with Crippen molar-refractivity contribution >= 4 is 32.9 Å². The van der Waals surface area contributed by atoms with Gasteiger partial charge < -0.3 is 14.0 Å². The smallest absolute Gasteiger partial charge is 0.277 e. The first kappa shape index (κ1) is 33.3. The van der Waals surface area contributed by atoms with E-state index in [4.69, 9.17) is 0 Å². The van der Waals surface area contributed by atoms with E-state index in [1.54, 1.807) is 49.0 Å². The summed E-state index contributed by atoms with van der Waals surface area (Å²) in [5, 5.41) is 0. The fraction of sp³-hybridized carbons (Fsp3) is 0.257. The van der Waals surface area contributed by atoms with Gasteiger partial charge in [-0.25, -0.2) is 22.5 Å². The third-order valence-corrected chi connectivity index (χ3v) is 9.26. The number of sulfonamides is 1. The van der Waals surface area contributed by atoms with Crippen LogP contribution in [0.5, 0.6) is 0 Å². The fourth-order valence-electron chi connectivity index (χ4n) is 5.33. The van der Waals surface area contributed by atoms with Crippen LogP contribution in [0.3, 0.4) is 0 Å². The van der Waals surface area contributed by atoms with Crippen molar-refractivity contribution in [3.05, 3.63) is 118 Å². The van der Waals surface area contributed by atoms with Crippen LogP contribution in [0.1, 0.15) is 36.7 Å². The van der Waals surface area contributed by atoms with Gasteiger partial charge >= 0.3 is 0 Å². The van der Waals surface area contributed by atoms with Gasteiger partial charge in [0.25, 0.3) is 15.6 Å². The predicted molar refractivity (Wildman–Crippen MR) is 178 cm³/mol. The Kier molecular flexibility index (Phi) is 10.00. The van der Waals surface area contributed by atoms with Crippen molar-refractivity contribution in [3.8, 4) is 11.1 Å². The molecule has 0 aliphatic carbocycles. The molecular formula is C35H36FN5O5S. The molecule has 0 atom stereocenters. The van der Waals surface area contributed by atoms with Crippen LogP contribution in [-0.4, -0.2) is 53.3 Å². The first-order valence-corrected chi connectivity index (χ1v) is 16.7. The standard InChI is InChI=1S/C35H36FN5O5S/c1-4-10-31-37-29-19-20-40(23-33(43)39(2)3)35(44)34(29)41(31)22-26-17-16-25(21-28(26)36)27-13-8-9-14-30(27)47(45,46)38-32(42)18-15-24-11-6-5-7-12-24/h5-9,11-14,16-17,19-21H,4,10,15,18,22-23H2,1-3H3,(H,38,42). The molecule has 0 bridgehead atoms. The summed E-state index contributed by atoms with van der Waals surface area (Å²) in [7, 11) is -1.04. The first-order valence-electron chi connectivity index (χ1n) is 15.2. The molecule has 10 nitrogen and oxygen atoms in total. The van der Waals surface area contributed by atoms with Crippen LogP contribution in [0, 0.1) is 5.82 Å². The quantitative estimate of drug-likeness (QED) is 0.210. The van der Waals surface area contributed by atoms with Gasteiger partial charge in [-0.15, -0.1) is 0 Å². The number of aromatic nitrogens is 3. The van der Waals surface area contributed by atoms with E-state index in [1.807, 2.05) is 37.3 Å². The van der Waals surface area contributed by atoms with Crippen LogP contribution in [0.25, 0.3) is 22.2 Å². The number of likely N-dealkylation sites (N-methyl/N-ethyl adjacent to an activating group) is 1. The van der Waals surface area contributed by atoms with Gasteiger partial charge in [0.15, 0.2) is 0 Å². The summed E-state index contributed by atoms with van der Waals surface area (Å²) < 4.78 is 47.6. The van der Waals surface area contributed by atoms with Crippen molar-refractivity contribution in [1.29, 1.82) is 0 Å². The topological polar surface area (TPSA) is 123 Å². The van der Waals surface area contributed by atoms with Crippen LogP contribution in [0.15, 0.2) is 94.7 Å². The number of hydrogen-bond acceptors (Lipinski definition) is 6. The number of carbonyl (C=O) groups is 2. The van der Waals surface area contributed by atoms with E-state index in [0.717, 1.165) is 12.0 Å². The number of nitrogens with zero attached hydrogens (tertiary/aromatic N) is 4. The molecule has 5 rings (SSSR count). The number of rotatable bonds is 12. The van der Waals surface area contributed by atoms with Gasteiger partial charge in [0.05, 0.1) is 17.0 Å². The summed E-state index contributed by atoms with van der Waals surface area (Å²) in [6.07, 6.45) is 3.18. The van der Waals surface area contributed by atoms with E-state index < -0.39 is 27.3 Å². The highest BCUT2D eigenvalue weighted by Gasteiger charge is 2.23. The molecule has 2 heterocycles. The minimum absolute atomic E-state index is 0.00373. The lowest BCUT2D eigenvalue weighted by Crippen LogP contribution is -2.32. The van der Waals surface area contributed by atoms with Gasteiger partial charge in [0, 0.05) is 44.3 Å². The van der Waals surface area contributed by atoms with Crippen molar-refractivity contribution in [2.75, 3.05) is 14.1 Å². The lowest BCUT2D eigenvalue weighted by atomic mass is 10.0. The lowest BCUT2D eigenvalue weighted by molar-refractivity contribution is -0.129. The van der Waals surface area contributed by atoms with Gasteiger partial charge in [0.2, 0.25) is 11.8 Å². The van der Waals surface area contributed by atoms with E-state index in [1.165, 1.54) is 33.9 Å². The Morgan fingerprint density at radius 3 is 2.38 bits per heavy atom. The highest BCUT2D eigenvalue weighted by molar-refractivity contribution is 7.90. The summed E-state index contributed by atoms with van der Waals surface area (Å²) in [6.45, 7) is 1.83. The maximum atomic E-state index is 15.8. The van der Waals surface area contributed by atoms with Crippen LogP contribution in [0.4, 0.5) is 4.39 Å². The zero-order valence-electron chi connectivity index (χ0n) is 26.4. The monoisotopic (exact) mass is 657 g/mol. The molecule has 0 spiro atoms. The molecule has 3 aromatic carbocycles. The van der Waals surface area contributed by atoms with Crippen molar-refractivity contribution in [3.63, 3.8) is 0 Å². The average Bonchev–Trinajstić information content (AvgIpc) is 3.40. The maximum Gasteiger partial charge on any atom is 0.277 e. The minimum atomic E-state index is -4.26. The number of aryl methyl sites for hydroxylation is 2. The molecule has 2 aromatic heterocycles. The van der Waals surface area contributed by atoms with E-state index >= 15 is 4.39 Å². The first-order chi connectivity index (χ1) is 22.5. The predicted octanol–water partition coefficient (Wildman–Crippen LogP) is 4.53. The van der Waals surface area contributed by atoms with E-state index in [2.05, 4.69) is 9.71 Å².